The molecule has 0 bridgehead atoms. The quantitative estimate of drug-likeness (QED) is 0.415. The smallest absolute Gasteiger partial charge is 0.334 e. The van der Waals surface area contributed by atoms with Crippen LogP contribution >= 0.6 is 0 Å². The van der Waals surface area contributed by atoms with Crippen LogP contribution in [0.3, 0.4) is 0 Å². The molecule has 1 aliphatic carbocycles. The summed E-state index contributed by atoms with van der Waals surface area (Å²) >= 11 is 0. The van der Waals surface area contributed by atoms with E-state index in [1.54, 1.807) is 0 Å². The lowest BCUT2D eigenvalue weighted by atomic mass is 9.82. The Hall–Kier alpha value is -2.51. The average molecular weight is 297 g/mol. The van der Waals surface area contributed by atoms with Crippen molar-refractivity contribution in [1.82, 2.24) is 0 Å². The standard InChI is InChI=1S/C13H15NO7/c1-7(15)4-9-10(13(17)21-3)5-8(12(16)20-2)6-11(9)14(18)19/h5-6,8-9H,4H2,1-3H3. The van der Waals surface area contributed by atoms with E-state index in [0.29, 0.717) is 0 Å². The first-order valence-corrected chi connectivity index (χ1v) is 6.05. The minimum absolute atomic E-state index is 0.0858. The number of carbonyl (C=O) groups excluding carboxylic acids is 3. The van der Waals surface area contributed by atoms with Gasteiger partial charge < -0.3 is 9.47 Å². The number of rotatable bonds is 5. The molecule has 8 heteroatoms. The molecular formula is C13H15NO7. The lowest BCUT2D eigenvalue weighted by Gasteiger charge is -2.21. The number of allylic oxidation sites excluding steroid dienone is 1. The van der Waals surface area contributed by atoms with Crippen LogP contribution in [0.25, 0.3) is 0 Å². The summed E-state index contributed by atoms with van der Waals surface area (Å²) in [7, 11) is 2.25. The van der Waals surface area contributed by atoms with Gasteiger partial charge in [0, 0.05) is 18.1 Å². The number of nitrogens with zero attached hydrogens (tertiary/aromatic N) is 1. The third-order valence-corrected chi connectivity index (χ3v) is 3.04. The van der Waals surface area contributed by atoms with Crippen molar-refractivity contribution >= 4 is 17.7 Å². The van der Waals surface area contributed by atoms with Gasteiger partial charge in [-0.15, -0.1) is 0 Å². The molecule has 0 heterocycles. The Bertz CT molecular complexity index is 547. The van der Waals surface area contributed by atoms with Crippen molar-refractivity contribution in [2.24, 2.45) is 11.8 Å². The number of ketones is 1. The van der Waals surface area contributed by atoms with E-state index in [-0.39, 0.29) is 23.5 Å². The number of carbonyl (C=O) groups is 3. The number of esters is 2. The van der Waals surface area contributed by atoms with Crippen LogP contribution in [0.4, 0.5) is 0 Å². The van der Waals surface area contributed by atoms with Crippen molar-refractivity contribution in [2.45, 2.75) is 13.3 Å². The van der Waals surface area contributed by atoms with Crippen LogP contribution in [0.5, 0.6) is 0 Å². The Morgan fingerprint density at radius 2 is 1.86 bits per heavy atom. The Balaban J connectivity index is 3.33. The van der Waals surface area contributed by atoms with E-state index < -0.39 is 28.7 Å². The van der Waals surface area contributed by atoms with Crippen molar-refractivity contribution < 1.29 is 28.8 Å². The molecular weight excluding hydrogens is 282 g/mol. The molecule has 2 atom stereocenters. The van der Waals surface area contributed by atoms with Crippen LogP contribution < -0.4 is 0 Å². The number of ether oxygens (including phenoxy) is 2. The summed E-state index contributed by atoms with van der Waals surface area (Å²) in [6.45, 7) is 1.26. The normalized spacial score (nSPS) is 20.9. The number of hydrogen-bond acceptors (Lipinski definition) is 7. The van der Waals surface area contributed by atoms with Crippen molar-refractivity contribution in [3.63, 3.8) is 0 Å². The van der Waals surface area contributed by atoms with Crippen LogP contribution in [-0.4, -0.2) is 36.9 Å². The molecule has 8 nitrogen and oxygen atoms in total. The van der Waals surface area contributed by atoms with Gasteiger partial charge in [0.05, 0.1) is 25.1 Å². The molecule has 0 saturated carbocycles. The van der Waals surface area contributed by atoms with Crippen LogP contribution in [0.2, 0.25) is 0 Å². The van der Waals surface area contributed by atoms with Crippen molar-refractivity contribution in [2.75, 3.05) is 14.2 Å². The maximum atomic E-state index is 11.8. The lowest BCUT2D eigenvalue weighted by Crippen LogP contribution is -2.29. The number of Topliss-reactive ketones (excluding diaryl/α,β-unsaturated/α-hetero) is 1. The van der Waals surface area contributed by atoms with E-state index in [2.05, 4.69) is 9.47 Å². The molecule has 0 aromatic heterocycles. The zero-order valence-electron chi connectivity index (χ0n) is 11.8. The summed E-state index contributed by atoms with van der Waals surface area (Å²) in [4.78, 5) is 45.1. The topological polar surface area (TPSA) is 113 Å². The van der Waals surface area contributed by atoms with Gasteiger partial charge in [-0.25, -0.2) is 4.79 Å². The van der Waals surface area contributed by atoms with Crippen molar-refractivity contribution in [3.05, 3.63) is 33.5 Å². The van der Waals surface area contributed by atoms with Gasteiger partial charge in [-0.2, -0.15) is 0 Å². The molecule has 0 N–H and O–H groups in total. The first-order valence-electron chi connectivity index (χ1n) is 6.05. The monoisotopic (exact) mass is 297 g/mol. The van der Waals surface area contributed by atoms with Crippen LogP contribution in [0.1, 0.15) is 13.3 Å². The van der Waals surface area contributed by atoms with Crippen molar-refractivity contribution in [1.29, 1.82) is 0 Å². The molecule has 2 unspecified atom stereocenters. The molecule has 0 aromatic carbocycles. The highest BCUT2D eigenvalue weighted by Gasteiger charge is 2.39. The first kappa shape index (κ1) is 16.5. The fraction of sp³-hybridized carbons (Fsp3) is 0.462. The molecule has 0 radical (unpaired) electrons. The summed E-state index contributed by atoms with van der Waals surface area (Å²) in [6.07, 6.45) is 2.10. The maximum Gasteiger partial charge on any atom is 0.334 e. The zero-order chi connectivity index (χ0) is 16.2. The van der Waals surface area contributed by atoms with Crippen LogP contribution in [-0.2, 0) is 23.9 Å². The molecule has 21 heavy (non-hydrogen) atoms. The summed E-state index contributed by atoms with van der Waals surface area (Å²) in [5.74, 6) is -3.97. The number of hydrogen-bond donors (Lipinski definition) is 0. The predicted molar refractivity (Wildman–Crippen MR) is 69.5 cm³/mol. The molecule has 1 aliphatic rings. The van der Waals surface area contributed by atoms with E-state index in [0.717, 1.165) is 20.3 Å². The largest absolute Gasteiger partial charge is 0.468 e. The Morgan fingerprint density at radius 1 is 1.24 bits per heavy atom. The summed E-state index contributed by atoms with van der Waals surface area (Å²) in [5.41, 5.74) is -0.471. The van der Waals surface area contributed by atoms with Gasteiger partial charge in [0.15, 0.2) is 0 Å². The zero-order valence-corrected chi connectivity index (χ0v) is 11.8. The Labute approximate surface area is 120 Å². The van der Waals surface area contributed by atoms with Crippen LogP contribution in [0.15, 0.2) is 23.4 Å². The first-order chi connectivity index (χ1) is 9.81. The Kier molecular flexibility index (Phi) is 5.34. The molecule has 1 rings (SSSR count). The van der Waals surface area contributed by atoms with Gasteiger partial charge >= 0.3 is 11.9 Å². The van der Waals surface area contributed by atoms with Gasteiger partial charge in [-0.1, -0.05) is 6.08 Å². The maximum absolute atomic E-state index is 11.8. The van der Waals surface area contributed by atoms with Gasteiger partial charge in [0.1, 0.15) is 11.7 Å². The summed E-state index contributed by atoms with van der Waals surface area (Å²) in [5, 5.41) is 11.2. The van der Waals surface area contributed by atoms with E-state index in [1.165, 1.54) is 13.0 Å². The highest BCUT2D eigenvalue weighted by Crippen LogP contribution is 2.33. The molecule has 0 amide bonds. The van der Waals surface area contributed by atoms with Crippen molar-refractivity contribution in [3.8, 4) is 0 Å². The molecule has 0 saturated heterocycles. The molecule has 114 valence electrons. The summed E-state index contributed by atoms with van der Waals surface area (Å²) < 4.78 is 9.10. The SMILES string of the molecule is COC(=O)C1=CC(C(=O)OC)C=C([N+](=O)[O-])C1CC(C)=O. The van der Waals surface area contributed by atoms with E-state index in [4.69, 9.17) is 0 Å². The minimum Gasteiger partial charge on any atom is -0.468 e. The second-order valence-electron chi connectivity index (χ2n) is 4.47. The third-order valence-electron chi connectivity index (χ3n) is 3.04. The Morgan fingerprint density at radius 3 is 2.29 bits per heavy atom. The fourth-order valence-electron chi connectivity index (χ4n) is 2.11. The predicted octanol–water partition coefficient (Wildman–Crippen LogP) is 0.645. The van der Waals surface area contributed by atoms with E-state index in [1.807, 2.05) is 0 Å². The van der Waals surface area contributed by atoms with E-state index in [9.17, 15) is 24.5 Å². The van der Waals surface area contributed by atoms with Gasteiger partial charge in [-0.05, 0) is 6.92 Å². The number of nitro groups is 1. The highest BCUT2D eigenvalue weighted by molar-refractivity contribution is 5.93. The second-order valence-corrected chi connectivity index (χ2v) is 4.47. The lowest BCUT2D eigenvalue weighted by molar-refractivity contribution is -0.433. The molecule has 0 spiro atoms. The highest BCUT2D eigenvalue weighted by atomic mass is 16.6. The van der Waals surface area contributed by atoms with E-state index >= 15 is 0 Å². The molecule has 0 aliphatic heterocycles. The summed E-state index contributed by atoms with van der Waals surface area (Å²) in [6, 6.07) is 0. The average Bonchev–Trinajstić information content (AvgIpc) is 2.44. The van der Waals surface area contributed by atoms with Gasteiger partial charge in [0.25, 0.3) is 5.70 Å². The van der Waals surface area contributed by atoms with Crippen LogP contribution in [0, 0.1) is 22.0 Å². The fourth-order valence-corrected chi connectivity index (χ4v) is 2.11. The van der Waals surface area contributed by atoms with Gasteiger partial charge in [0.2, 0.25) is 0 Å². The number of methoxy groups -OCH3 is 2. The minimum atomic E-state index is -1.06. The molecule has 0 aromatic rings. The second kappa shape index (κ2) is 6.78. The third kappa shape index (κ3) is 3.74. The van der Waals surface area contributed by atoms with Gasteiger partial charge in [-0.3, -0.25) is 19.7 Å². The molecule has 0 fully saturated rings.